The first kappa shape index (κ1) is 19.4. The minimum Gasteiger partial charge on any atom is -0.265 e. The molecule has 7 radical (unpaired) electrons. The Morgan fingerprint density at radius 1 is 0.810 bits per heavy atom. The fourth-order valence-corrected chi connectivity index (χ4v) is 1.23. The summed E-state index contributed by atoms with van der Waals surface area (Å²) in [5, 5.41) is 0. The van der Waals surface area contributed by atoms with Crippen LogP contribution in [0.25, 0.3) is 0 Å². The molecular formula is C19H20NSn. The number of rotatable bonds is 1. The van der Waals surface area contributed by atoms with E-state index in [4.69, 9.17) is 0 Å². The van der Waals surface area contributed by atoms with Crippen molar-refractivity contribution in [3.8, 4) is 0 Å². The maximum Gasteiger partial charge on any atom is 0.0270 e. The van der Waals surface area contributed by atoms with E-state index in [1.165, 1.54) is 5.56 Å². The van der Waals surface area contributed by atoms with Crippen LogP contribution in [0.15, 0.2) is 85.2 Å². The fourth-order valence-electron chi connectivity index (χ4n) is 1.23. The maximum absolute atomic E-state index is 3.87. The van der Waals surface area contributed by atoms with Crippen molar-refractivity contribution in [2.24, 2.45) is 0 Å². The molecule has 0 aliphatic rings. The number of pyridine rings is 1. The van der Waals surface area contributed by atoms with Gasteiger partial charge in [-0.2, -0.15) is 0 Å². The van der Waals surface area contributed by atoms with E-state index in [2.05, 4.69) is 24.0 Å². The first-order chi connectivity index (χ1) is 9.93. The number of nitrogens with zero attached hydrogens (tertiary/aromatic N) is 1. The number of aromatic nitrogens is 1. The van der Waals surface area contributed by atoms with Gasteiger partial charge in [0.2, 0.25) is 0 Å². The van der Waals surface area contributed by atoms with E-state index < -0.39 is 0 Å². The van der Waals surface area contributed by atoms with Crippen molar-refractivity contribution < 1.29 is 1.43 Å². The molecule has 2 aromatic carbocycles. The zero-order valence-electron chi connectivity index (χ0n) is 11.9. The molecule has 1 aromatic heterocycles. The van der Waals surface area contributed by atoms with E-state index in [0.717, 1.165) is 6.42 Å². The van der Waals surface area contributed by atoms with Gasteiger partial charge in [-0.15, -0.1) is 0 Å². The smallest absolute Gasteiger partial charge is 0.0270 e. The molecule has 2 heteroatoms. The standard InChI is InChI=1S/C7H8N.2C6H5.Sn.H2/c1-2-7-3-5-8-6-4-7;2*1-2-4-6-5-3-1;;/h3-6H,1-2H2;2*1-5H;;1H. The topological polar surface area (TPSA) is 12.9 Å². The second kappa shape index (κ2) is 14.8. The summed E-state index contributed by atoms with van der Waals surface area (Å²) in [4.78, 5) is 3.87. The van der Waals surface area contributed by atoms with Crippen LogP contribution in [0.1, 0.15) is 6.99 Å². The van der Waals surface area contributed by atoms with Crippen LogP contribution in [-0.2, 0) is 6.42 Å². The van der Waals surface area contributed by atoms with Crippen LogP contribution >= 0.6 is 0 Å². The van der Waals surface area contributed by atoms with Gasteiger partial charge in [0.05, 0.1) is 0 Å². The summed E-state index contributed by atoms with van der Waals surface area (Å²) in [6.45, 7) is 3.73. The van der Waals surface area contributed by atoms with Gasteiger partial charge in [0, 0.05) is 37.7 Å². The largest absolute Gasteiger partial charge is 0.265 e. The molecule has 0 aliphatic carbocycles. The van der Waals surface area contributed by atoms with Gasteiger partial charge in [-0.1, -0.05) is 60.7 Å². The van der Waals surface area contributed by atoms with Gasteiger partial charge in [0.15, 0.2) is 0 Å². The van der Waals surface area contributed by atoms with E-state index in [-0.39, 0.29) is 25.3 Å². The Balaban J connectivity index is 0. The Morgan fingerprint density at radius 3 is 1.43 bits per heavy atom. The normalized spacial score (nSPS) is 8.05. The summed E-state index contributed by atoms with van der Waals surface area (Å²) in [7, 11) is 0. The minimum atomic E-state index is 0. The van der Waals surface area contributed by atoms with Gasteiger partial charge in [0.1, 0.15) is 0 Å². The van der Waals surface area contributed by atoms with Gasteiger partial charge in [-0.3, -0.25) is 4.98 Å². The van der Waals surface area contributed by atoms with Crippen molar-refractivity contribution in [2.45, 2.75) is 6.42 Å². The first-order valence-electron chi connectivity index (χ1n) is 6.44. The summed E-state index contributed by atoms with van der Waals surface area (Å²) in [6, 6.07) is 28.9. The summed E-state index contributed by atoms with van der Waals surface area (Å²) in [5.41, 5.74) is 1.24. The zero-order chi connectivity index (χ0) is 14.3. The maximum atomic E-state index is 3.87. The second-order valence-electron chi connectivity index (χ2n) is 3.76. The van der Waals surface area contributed by atoms with Crippen molar-refractivity contribution in [1.29, 1.82) is 0 Å². The number of hydrogen-bond acceptors (Lipinski definition) is 1. The van der Waals surface area contributed by atoms with Crippen molar-refractivity contribution >= 4 is 23.9 Å². The van der Waals surface area contributed by atoms with Crippen molar-refractivity contribution in [3.63, 3.8) is 0 Å². The third-order valence-corrected chi connectivity index (χ3v) is 2.25. The molecule has 21 heavy (non-hydrogen) atoms. The van der Waals surface area contributed by atoms with Crippen LogP contribution in [0.4, 0.5) is 0 Å². The van der Waals surface area contributed by atoms with Crippen LogP contribution in [-0.4, -0.2) is 28.9 Å². The molecule has 0 N–H and O–H groups in total. The van der Waals surface area contributed by atoms with Gasteiger partial charge < -0.3 is 0 Å². The molecule has 0 aliphatic heterocycles. The second-order valence-corrected chi connectivity index (χ2v) is 3.76. The molecule has 0 amide bonds. The molecule has 3 aromatic rings. The molecule has 0 unspecified atom stereocenters. The third kappa shape index (κ3) is 11.9. The predicted octanol–water partition coefficient (Wildman–Crippen LogP) is 4.30. The minimum absolute atomic E-state index is 0. The van der Waals surface area contributed by atoms with Gasteiger partial charge in [-0.05, 0) is 43.2 Å². The van der Waals surface area contributed by atoms with Crippen LogP contribution in [0.5, 0.6) is 0 Å². The monoisotopic (exact) mass is 382 g/mol. The van der Waals surface area contributed by atoms with Crippen LogP contribution in [0.2, 0.25) is 0 Å². The Hall–Kier alpha value is -1.61. The molecule has 0 bridgehead atoms. The van der Waals surface area contributed by atoms with Crippen molar-refractivity contribution in [1.82, 2.24) is 4.98 Å². The van der Waals surface area contributed by atoms with Crippen molar-refractivity contribution in [2.75, 3.05) is 0 Å². The molecule has 0 fully saturated rings. The predicted molar refractivity (Wildman–Crippen MR) is 91.7 cm³/mol. The van der Waals surface area contributed by atoms with Crippen LogP contribution in [0, 0.1) is 19.1 Å². The summed E-state index contributed by atoms with van der Waals surface area (Å²) in [6.07, 6.45) is 4.41. The third-order valence-electron chi connectivity index (χ3n) is 2.25. The van der Waals surface area contributed by atoms with E-state index in [0.29, 0.717) is 0 Å². The molecule has 0 saturated carbocycles. The Bertz CT molecular complexity index is 433. The first-order valence-corrected chi connectivity index (χ1v) is 6.44. The van der Waals surface area contributed by atoms with Gasteiger partial charge in [0.25, 0.3) is 0 Å². The van der Waals surface area contributed by atoms with Gasteiger partial charge in [-0.25, -0.2) is 0 Å². The zero-order valence-corrected chi connectivity index (χ0v) is 14.8. The molecule has 0 saturated heterocycles. The fraction of sp³-hybridized carbons (Fsp3) is 0.0526. The molecule has 0 atom stereocenters. The van der Waals surface area contributed by atoms with E-state index >= 15 is 0 Å². The van der Waals surface area contributed by atoms with Crippen molar-refractivity contribution in [3.05, 3.63) is 110 Å². The number of hydrogen-bond donors (Lipinski definition) is 0. The Kier molecular flexibility index (Phi) is 13.7. The quantitative estimate of drug-likeness (QED) is 0.573. The Labute approximate surface area is 146 Å². The number of benzene rings is 2. The van der Waals surface area contributed by atoms with E-state index in [1.54, 1.807) is 12.4 Å². The molecule has 0 spiro atoms. The van der Waals surface area contributed by atoms with Crippen LogP contribution in [0.3, 0.4) is 0 Å². The van der Waals surface area contributed by atoms with Gasteiger partial charge >= 0.3 is 0 Å². The average Bonchev–Trinajstić information content (AvgIpc) is 2.60. The SMILES string of the molecule is [CH2]Cc1ccncc1.[HH].[Sn].[c]1ccccc1.[c]1ccccc1. The molecule has 1 nitrogen and oxygen atoms in total. The van der Waals surface area contributed by atoms with E-state index in [9.17, 15) is 0 Å². The molecule has 105 valence electrons. The average molecular weight is 381 g/mol. The summed E-state index contributed by atoms with van der Waals surface area (Å²) in [5.74, 6) is 0. The Morgan fingerprint density at radius 2 is 1.24 bits per heavy atom. The molecular weight excluding hydrogens is 361 g/mol. The van der Waals surface area contributed by atoms with Crippen LogP contribution < -0.4 is 0 Å². The van der Waals surface area contributed by atoms with E-state index in [1.807, 2.05) is 72.8 Å². The molecule has 3 rings (SSSR count). The summed E-state index contributed by atoms with van der Waals surface area (Å²) < 4.78 is 0. The summed E-state index contributed by atoms with van der Waals surface area (Å²) >= 11 is 0. The molecule has 1 heterocycles.